The van der Waals surface area contributed by atoms with Crippen molar-refractivity contribution in [3.63, 3.8) is 0 Å². The van der Waals surface area contributed by atoms with Crippen LogP contribution in [0.25, 0.3) is 0 Å². The van der Waals surface area contributed by atoms with Gasteiger partial charge in [0.15, 0.2) is 0 Å². The largest absolute Gasteiger partial charge is 0.419 e. The number of rotatable bonds is 7. The van der Waals surface area contributed by atoms with E-state index in [0.29, 0.717) is 23.8 Å². The molecule has 6 heteroatoms. The summed E-state index contributed by atoms with van der Waals surface area (Å²) in [5, 5.41) is 3.16. The fraction of sp³-hybridized carbons (Fsp3) is 0.600. The van der Waals surface area contributed by atoms with E-state index >= 15 is 0 Å². The molecule has 1 aromatic rings. The molecule has 1 rings (SSSR count). The van der Waals surface area contributed by atoms with Gasteiger partial charge in [0, 0.05) is 11.8 Å². The van der Waals surface area contributed by atoms with Gasteiger partial charge in [-0.2, -0.15) is 24.9 Å². The standard InChI is InChI=1S/C15H21F4NS/c1-4-20-14(9-21-8-10(2)3)11-5-6-13(16)12(7-11)15(17,18)19/h5-7,10,14,20H,4,8-9H2,1-3H3. The summed E-state index contributed by atoms with van der Waals surface area (Å²) in [4.78, 5) is 0. The van der Waals surface area contributed by atoms with E-state index in [2.05, 4.69) is 19.2 Å². The molecule has 0 heterocycles. The molecule has 0 radical (unpaired) electrons. The third-order valence-corrected chi connectivity index (χ3v) is 4.36. The second-order valence-electron chi connectivity index (χ2n) is 5.28. The van der Waals surface area contributed by atoms with Crippen molar-refractivity contribution in [1.29, 1.82) is 0 Å². The molecule has 21 heavy (non-hydrogen) atoms. The highest BCUT2D eigenvalue weighted by Crippen LogP contribution is 2.33. The molecule has 1 N–H and O–H groups in total. The lowest BCUT2D eigenvalue weighted by atomic mass is 10.0. The Morgan fingerprint density at radius 2 is 1.86 bits per heavy atom. The fourth-order valence-corrected chi connectivity index (χ4v) is 3.07. The van der Waals surface area contributed by atoms with Gasteiger partial charge in [-0.15, -0.1) is 0 Å². The van der Waals surface area contributed by atoms with Gasteiger partial charge >= 0.3 is 6.18 Å². The van der Waals surface area contributed by atoms with Gasteiger partial charge in [-0.05, 0) is 35.9 Å². The van der Waals surface area contributed by atoms with Gasteiger partial charge in [-0.1, -0.05) is 26.8 Å². The average molecular weight is 323 g/mol. The number of hydrogen-bond acceptors (Lipinski definition) is 2. The summed E-state index contributed by atoms with van der Waals surface area (Å²) in [6, 6.07) is 3.03. The minimum absolute atomic E-state index is 0.208. The summed E-state index contributed by atoms with van der Waals surface area (Å²) in [5.41, 5.74) is -0.724. The Labute approximate surface area is 127 Å². The smallest absolute Gasteiger partial charge is 0.310 e. The predicted molar refractivity (Wildman–Crippen MR) is 80.0 cm³/mol. The van der Waals surface area contributed by atoms with Gasteiger partial charge in [-0.25, -0.2) is 4.39 Å². The van der Waals surface area contributed by atoms with E-state index in [4.69, 9.17) is 0 Å². The van der Waals surface area contributed by atoms with Crippen molar-refractivity contribution in [2.45, 2.75) is 33.0 Å². The zero-order chi connectivity index (χ0) is 16.0. The summed E-state index contributed by atoms with van der Waals surface area (Å²) in [6.07, 6.45) is -4.66. The summed E-state index contributed by atoms with van der Waals surface area (Å²) < 4.78 is 51.6. The maximum atomic E-state index is 13.3. The second-order valence-corrected chi connectivity index (χ2v) is 6.35. The zero-order valence-corrected chi connectivity index (χ0v) is 13.2. The lowest BCUT2D eigenvalue weighted by molar-refractivity contribution is -0.140. The molecule has 0 saturated heterocycles. The monoisotopic (exact) mass is 323 g/mol. The number of thioether (sulfide) groups is 1. The first-order valence-electron chi connectivity index (χ1n) is 6.93. The molecule has 120 valence electrons. The minimum atomic E-state index is -4.66. The van der Waals surface area contributed by atoms with Crippen molar-refractivity contribution >= 4 is 11.8 Å². The first-order valence-corrected chi connectivity index (χ1v) is 8.09. The van der Waals surface area contributed by atoms with E-state index in [1.54, 1.807) is 11.8 Å². The van der Waals surface area contributed by atoms with Gasteiger partial charge in [0.25, 0.3) is 0 Å². The van der Waals surface area contributed by atoms with Crippen molar-refractivity contribution in [3.8, 4) is 0 Å². The number of benzene rings is 1. The quantitative estimate of drug-likeness (QED) is 0.717. The topological polar surface area (TPSA) is 12.0 Å². The number of nitrogens with one attached hydrogen (secondary N) is 1. The Morgan fingerprint density at radius 3 is 2.38 bits per heavy atom. The normalized spacial score (nSPS) is 13.7. The van der Waals surface area contributed by atoms with Crippen molar-refractivity contribution in [1.82, 2.24) is 5.32 Å². The van der Waals surface area contributed by atoms with Crippen molar-refractivity contribution < 1.29 is 17.6 Å². The molecule has 0 fully saturated rings. The molecule has 1 aromatic carbocycles. The van der Waals surface area contributed by atoms with Crippen LogP contribution < -0.4 is 5.32 Å². The molecule has 1 nitrogen and oxygen atoms in total. The van der Waals surface area contributed by atoms with Gasteiger partial charge in [0.1, 0.15) is 5.82 Å². The lowest BCUT2D eigenvalue weighted by Crippen LogP contribution is -2.24. The lowest BCUT2D eigenvalue weighted by Gasteiger charge is -2.20. The Bertz CT molecular complexity index is 446. The van der Waals surface area contributed by atoms with Crippen LogP contribution in [0, 0.1) is 11.7 Å². The Morgan fingerprint density at radius 1 is 1.19 bits per heavy atom. The highest BCUT2D eigenvalue weighted by atomic mass is 32.2. The first-order chi connectivity index (χ1) is 9.75. The maximum Gasteiger partial charge on any atom is 0.419 e. The fourth-order valence-electron chi connectivity index (χ4n) is 1.92. The molecule has 0 amide bonds. The van der Waals surface area contributed by atoms with E-state index in [-0.39, 0.29) is 6.04 Å². The molecule has 0 spiro atoms. The summed E-state index contributed by atoms with van der Waals surface area (Å²) in [5.74, 6) is 0.900. The Hall–Kier alpha value is -0.750. The Kier molecular flexibility index (Phi) is 7.00. The highest BCUT2D eigenvalue weighted by molar-refractivity contribution is 7.99. The van der Waals surface area contributed by atoms with Crippen molar-refractivity contribution in [2.75, 3.05) is 18.1 Å². The molecule has 1 unspecified atom stereocenters. The molecular formula is C15H21F4NS. The first kappa shape index (κ1) is 18.3. The Balaban J connectivity index is 2.92. The van der Waals surface area contributed by atoms with Crippen LogP contribution >= 0.6 is 11.8 Å². The van der Waals surface area contributed by atoms with E-state index in [1.165, 1.54) is 6.07 Å². The summed E-state index contributed by atoms with van der Waals surface area (Å²) in [6.45, 7) is 6.73. The van der Waals surface area contributed by atoms with E-state index in [1.807, 2.05) is 6.92 Å². The molecule has 0 saturated carbocycles. The van der Waals surface area contributed by atoms with Gasteiger partial charge in [0.2, 0.25) is 0 Å². The third kappa shape index (κ3) is 5.87. The van der Waals surface area contributed by atoms with Gasteiger partial charge in [-0.3, -0.25) is 0 Å². The van der Waals surface area contributed by atoms with E-state index in [0.717, 1.165) is 17.9 Å². The third-order valence-electron chi connectivity index (χ3n) is 2.88. The molecular weight excluding hydrogens is 302 g/mol. The molecule has 1 atom stereocenters. The van der Waals surface area contributed by atoms with Crippen LogP contribution in [0.15, 0.2) is 18.2 Å². The molecule has 0 bridgehead atoms. The molecule has 0 aliphatic rings. The van der Waals surface area contributed by atoms with Crippen LogP contribution in [0.2, 0.25) is 0 Å². The summed E-state index contributed by atoms with van der Waals surface area (Å²) >= 11 is 1.68. The molecule has 0 aliphatic heterocycles. The van der Waals surface area contributed by atoms with Crippen LogP contribution in [-0.4, -0.2) is 18.1 Å². The minimum Gasteiger partial charge on any atom is -0.310 e. The second kappa shape index (κ2) is 8.03. The number of hydrogen-bond donors (Lipinski definition) is 1. The number of alkyl halides is 3. The SMILES string of the molecule is CCNC(CSCC(C)C)c1ccc(F)c(C(F)(F)F)c1. The van der Waals surface area contributed by atoms with E-state index < -0.39 is 17.6 Å². The van der Waals surface area contributed by atoms with Gasteiger partial charge in [0.05, 0.1) is 5.56 Å². The number of halogens is 4. The van der Waals surface area contributed by atoms with Crippen LogP contribution in [0.1, 0.15) is 37.9 Å². The van der Waals surface area contributed by atoms with Crippen LogP contribution in [0.4, 0.5) is 17.6 Å². The molecule has 0 aliphatic carbocycles. The maximum absolute atomic E-state index is 13.3. The van der Waals surface area contributed by atoms with Crippen molar-refractivity contribution in [2.24, 2.45) is 5.92 Å². The zero-order valence-electron chi connectivity index (χ0n) is 12.4. The van der Waals surface area contributed by atoms with Crippen molar-refractivity contribution in [3.05, 3.63) is 35.1 Å². The summed E-state index contributed by atoms with van der Waals surface area (Å²) in [7, 11) is 0. The van der Waals surface area contributed by atoms with Crippen LogP contribution in [0.3, 0.4) is 0 Å². The molecule has 0 aromatic heterocycles. The van der Waals surface area contributed by atoms with Gasteiger partial charge < -0.3 is 5.32 Å². The van der Waals surface area contributed by atoms with Crippen LogP contribution in [0.5, 0.6) is 0 Å². The predicted octanol–water partition coefficient (Wildman–Crippen LogP) is 4.88. The van der Waals surface area contributed by atoms with Crippen LogP contribution in [-0.2, 0) is 6.18 Å². The van der Waals surface area contributed by atoms with E-state index in [9.17, 15) is 17.6 Å². The highest BCUT2D eigenvalue weighted by Gasteiger charge is 2.34. The average Bonchev–Trinajstić information content (AvgIpc) is 2.36.